The summed E-state index contributed by atoms with van der Waals surface area (Å²) in [5, 5.41) is 10.6. The summed E-state index contributed by atoms with van der Waals surface area (Å²) in [6.45, 7) is 14.2. The first-order valence-corrected chi connectivity index (χ1v) is 41.3. The van der Waals surface area contributed by atoms with Crippen LogP contribution in [-0.4, -0.2) is 96.7 Å². The third-order valence-corrected chi connectivity index (χ3v) is 19.7. The molecule has 0 aromatic heterocycles. The van der Waals surface area contributed by atoms with E-state index in [0.29, 0.717) is 25.7 Å². The fourth-order valence-electron chi connectivity index (χ4n) is 11.1. The minimum Gasteiger partial charge on any atom is -0.462 e. The number of ether oxygens (including phenoxy) is 4. The monoisotopic (exact) mass is 1370 g/mol. The van der Waals surface area contributed by atoms with E-state index < -0.39 is 97.5 Å². The van der Waals surface area contributed by atoms with Gasteiger partial charge in [-0.1, -0.05) is 319 Å². The van der Waals surface area contributed by atoms with E-state index in [9.17, 15) is 43.2 Å². The van der Waals surface area contributed by atoms with Crippen LogP contribution in [0.25, 0.3) is 0 Å². The highest BCUT2D eigenvalue weighted by atomic mass is 31.2. The zero-order valence-electron chi connectivity index (χ0n) is 60.9. The number of unbranched alkanes of at least 4 members (excludes halogenated alkanes) is 35. The first kappa shape index (κ1) is 91.1. The Hall–Kier alpha value is -1.94. The van der Waals surface area contributed by atoms with Crippen LogP contribution in [0.5, 0.6) is 0 Å². The van der Waals surface area contributed by atoms with Crippen LogP contribution in [0.1, 0.15) is 370 Å². The van der Waals surface area contributed by atoms with Crippen molar-refractivity contribution in [3.63, 3.8) is 0 Å². The molecule has 0 saturated carbocycles. The maximum absolute atomic E-state index is 13.0. The Labute approximate surface area is 568 Å². The van der Waals surface area contributed by atoms with Gasteiger partial charge in [-0.05, 0) is 49.4 Å². The molecule has 0 bridgehead atoms. The summed E-state index contributed by atoms with van der Waals surface area (Å²) >= 11 is 0. The normalized spacial score (nSPS) is 14.8. The van der Waals surface area contributed by atoms with Crippen LogP contribution >= 0.6 is 15.6 Å². The van der Waals surface area contributed by atoms with Gasteiger partial charge < -0.3 is 33.8 Å². The average molecular weight is 1370 g/mol. The number of hydrogen-bond acceptors (Lipinski definition) is 15. The molecule has 0 saturated heterocycles. The van der Waals surface area contributed by atoms with Gasteiger partial charge in [0.05, 0.1) is 26.4 Å². The van der Waals surface area contributed by atoms with Crippen molar-refractivity contribution >= 4 is 39.5 Å². The Kier molecular flexibility index (Phi) is 62.2. The summed E-state index contributed by atoms with van der Waals surface area (Å²) in [6.07, 6.45) is 47.2. The molecular formula is C74H144O17P2. The van der Waals surface area contributed by atoms with E-state index in [2.05, 4.69) is 55.4 Å². The summed E-state index contributed by atoms with van der Waals surface area (Å²) in [5.74, 6) is 0.935. The van der Waals surface area contributed by atoms with Crippen molar-refractivity contribution in [2.24, 2.45) is 23.7 Å². The van der Waals surface area contributed by atoms with E-state index in [1.165, 1.54) is 167 Å². The van der Waals surface area contributed by atoms with Gasteiger partial charge in [0.15, 0.2) is 12.2 Å². The molecule has 0 spiro atoms. The molecule has 93 heavy (non-hydrogen) atoms. The predicted octanol–water partition coefficient (Wildman–Crippen LogP) is 21.3. The van der Waals surface area contributed by atoms with E-state index in [-0.39, 0.29) is 25.7 Å². The van der Waals surface area contributed by atoms with Crippen LogP contribution in [0.2, 0.25) is 0 Å². The second kappa shape index (κ2) is 63.5. The number of phosphoric acid groups is 2. The van der Waals surface area contributed by atoms with E-state index in [1.807, 2.05) is 0 Å². The van der Waals surface area contributed by atoms with E-state index in [0.717, 1.165) is 120 Å². The molecule has 552 valence electrons. The Morgan fingerprint density at radius 3 is 0.763 bits per heavy atom. The van der Waals surface area contributed by atoms with Gasteiger partial charge >= 0.3 is 39.5 Å². The lowest BCUT2D eigenvalue weighted by Crippen LogP contribution is -2.30. The molecule has 0 fully saturated rings. The number of aliphatic hydroxyl groups is 1. The van der Waals surface area contributed by atoms with Gasteiger partial charge in [0.1, 0.15) is 19.3 Å². The third kappa shape index (κ3) is 65.8. The summed E-state index contributed by atoms with van der Waals surface area (Å²) in [6, 6.07) is 0. The van der Waals surface area contributed by atoms with E-state index in [4.69, 9.17) is 37.0 Å². The molecule has 7 atom stereocenters. The zero-order chi connectivity index (χ0) is 68.9. The van der Waals surface area contributed by atoms with Crippen molar-refractivity contribution in [1.29, 1.82) is 0 Å². The van der Waals surface area contributed by atoms with Gasteiger partial charge in [-0.2, -0.15) is 0 Å². The first-order chi connectivity index (χ1) is 44.7. The molecule has 0 amide bonds. The molecule has 17 nitrogen and oxygen atoms in total. The second-order valence-corrected chi connectivity index (χ2v) is 31.0. The second-order valence-electron chi connectivity index (χ2n) is 28.1. The molecule has 0 aromatic rings. The van der Waals surface area contributed by atoms with E-state index >= 15 is 0 Å². The molecule has 4 unspecified atom stereocenters. The molecule has 19 heteroatoms. The molecule has 0 radical (unpaired) electrons. The third-order valence-electron chi connectivity index (χ3n) is 17.8. The molecule has 0 heterocycles. The Morgan fingerprint density at radius 1 is 0.301 bits per heavy atom. The highest BCUT2D eigenvalue weighted by Crippen LogP contribution is 2.45. The minimum absolute atomic E-state index is 0.104. The van der Waals surface area contributed by atoms with Gasteiger partial charge in [-0.3, -0.25) is 37.3 Å². The minimum atomic E-state index is -4.96. The molecular weight excluding hydrogens is 1220 g/mol. The summed E-state index contributed by atoms with van der Waals surface area (Å²) in [4.78, 5) is 72.7. The van der Waals surface area contributed by atoms with Crippen molar-refractivity contribution < 1.29 is 80.2 Å². The molecule has 0 aliphatic rings. The smallest absolute Gasteiger partial charge is 0.462 e. The fraction of sp³-hybridized carbons (Fsp3) is 0.946. The number of hydrogen-bond donors (Lipinski definition) is 3. The van der Waals surface area contributed by atoms with Crippen LogP contribution in [0.4, 0.5) is 0 Å². The Balaban J connectivity index is 5.23. The van der Waals surface area contributed by atoms with Crippen molar-refractivity contribution in [2.75, 3.05) is 39.6 Å². The highest BCUT2D eigenvalue weighted by Gasteiger charge is 2.30. The van der Waals surface area contributed by atoms with Crippen LogP contribution in [-0.2, 0) is 65.4 Å². The van der Waals surface area contributed by atoms with Crippen LogP contribution in [0.3, 0.4) is 0 Å². The van der Waals surface area contributed by atoms with E-state index in [1.54, 1.807) is 0 Å². The van der Waals surface area contributed by atoms with Gasteiger partial charge in [0.2, 0.25) is 0 Å². The molecule has 0 rings (SSSR count). The van der Waals surface area contributed by atoms with Gasteiger partial charge in [-0.25, -0.2) is 9.13 Å². The van der Waals surface area contributed by atoms with Gasteiger partial charge in [-0.15, -0.1) is 0 Å². The lowest BCUT2D eigenvalue weighted by Gasteiger charge is -2.21. The number of aliphatic hydroxyl groups excluding tert-OH is 1. The predicted molar refractivity (Wildman–Crippen MR) is 377 cm³/mol. The van der Waals surface area contributed by atoms with Crippen LogP contribution in [0.15, 0.2) is 0 Å². The molecule has 3 N–H and O–H groups in total. The van der Waals surface area contributed by atoms with Crippen molar-refractivity contribution in [3.05, 3.63) is 0 Å². The maximum Gasteiger partial charge on any atom is 0.472 e. The maximum atomic E-state index is 13.0. The highest BCUT2D eigenvalue weighted by molar-refractivity contribution is 7.47. The lowest BCUT2D eigenvalue weighted by molar-refractivity contribution is -0.161. The summed E-state index contributed by atoms with van der Waals surface area (Å²) in [7, 11) is -9.91. The van der Waals surface area contributed by atoms with Crippen LogP contribution < -0.4 is 0 Å². The van der Waals surface area contributed by atoms with Crippen molar-refractivity contribution in [3.8, 4) is 0 Å². The molecule has 0 aliphatic carbocycles. The Morgan fingerprint density at radius 2 is 0.516 bits per heavy atom. The first-order valence-electron chi connectivity index (χ1n) is 38.3. The molecule has 0 aliphatic heterocycles. The SMILES string of the molecule is CCC(C)CCCCCCCCCCCCC(=O)OC[C@H](COP(=O)(O)OC[C@@H](O)COP(=O)(O)OC[C@@H](COC(=O)CCCCCCCCC(C)CC)OC(=O)CCCCCCCCCCCCCCCCCC(C)C)OC(=O)CCCCCCCCCCC(C)C. The lowest BCUT2D eigenvalue weighted by atomic mass is 9.99. The van der Waals surface area contributed by atoms with Crippen molar-refractivity contribution in [1.82, 2.24) is 0 Å². The van der Waals surface area contributed by atoms with Gasteiger partial charge in [0.25, 0.3) is 0 Å². The van der Waals surface area contributed by atoms with Crippen LogP contribution in [0, 0.1) is 23.7 Å². The van der Waals surface area contributed by atoms with Crippen molar-refractivity contribution in [2.45, 2.75) is 388 Å². The molecule has 0 aromatic carbocycles. The number of esters is 4. The number of carbonyl (C=O) groups excluding carboxylic acids is 4. The standard InChI is InChI=1S/C74H144O17P2/c1-9-66(7)52-44-36-28-21-18-19-22-29-38-46-54-71(76)84-60-69(91-74(79)57-49-41-31-25-24-27-35-43-51-65(5)6)62-88-92(80,81)86-58-68(75)59-87-93(82,83)89-63-70(61-85-72(77)55-47-39-33-32-37-45-53-67(8)10-2)90-73(78)56-48-40-30-23-17-15-13-11-12-14-16-20-26-34-42-50-64(3)4/h64-70,75H,9-63H2,1-8H3,(H,80,81)(H,82,83)/t66?,67?,68-,69-,70-/m1/s1. The number of phosphoric ester groups is 2. The topological polar surface area (TPSA) is 237 Å². The Bertz CT molecular complexity index is 1840. The summed E-state index contributed by atoms with van der Waals surface area (Å²) in [5.41, 5.74) is 0. The average Bonchev–Trinajstić information content (AvgIpc) is 2.06. The zero-order valence-corrected chi connectivity index (χ0v) is 62.7. The fourth-order valence-corrected chi connectivity index (χ4v) is 12.7. The quantitative estimate of drug-likeness (QED) is 0.0222. The number of carbonyl (C=O) groups is 4. The number of rotatable bonds is 71. The van der Waals surface area contributed by atoms with Gasteiger partial charge in [0, 0.05) is 25.7 Å². The largest absolute Gasteiger partial charge is 0.472 e. The summed E-state index contributed by atoms with van der Waals surface area (Å²) < 4.78 is 68.4.